The Hall–Kier alpha value is -3.49. The van der Waals surface area contributed by atoms with Crippen LogP contribution in [0.5, 0.6) is 11.5 Å². The summed E-state index contributed by atoms with van der Waals surface area (Å²) in [7, 11) is 1.21. The topological polar surface area (TPSA) is 90.7 Å². The van der Waals surface area contributed by atoms with Gasteiger partial charge in [-0.15, -0.1) is 0 Å². The van der Waals surface area contributed by atoms with Gasteiger partial charge in [-0.3, -0.25) is 14.9 Å². The third-order valence-electron chi connectivity index (χ3n) is 3.54. The fourth-order valence-electron chi connectivity index (χ4n) is 2.26. The molecule has 0 heterocycles. The molecule has 0 aliphatic carbocycles. The third-order valence-corrected chi connectivity index (χ3v) is 3.54. The molecule has 0 unspecified atom stereocenters. The highest BCUT2D eigenvalue weighted by atomic mass is 19.3. The SMILES string of the molecule is COc1cc(/C=C/C(=O)Nc2ccccc2C)c([N+](=O)[O-])cc1OC(F)F. The van der Waals surface area contributed by atoms with Crippen molar-refractivity contribution in [1.29, 1.82) is 0 Å². The van der Waals surface area contributed by atoms with E-state index in [1.165, 1.54) is 13.2 Å². The van der Waals surface area contributed by atoms with Crippen molar-refractivity contribution in [2.45, 2.75) is 13.5 Å². The first-order valence-corrected chi connectivity index (χ1v) is 7.67. The molecule has 27 heavy (non-hydrogen) atoms. The maximum Gasteiger partial charge on any atom is 0.387 e. The van der Waals surface area contributed by atoms with Crippen molar-refractivity contribution in [2.24, 2.45) is 0 Å². The minimum Gasteiger partial charge on any atom is -0.493 e. The number of amides is 1. The standard InChI is InChI=1S/C18H16F2N2O5/c1-11-5-3-4-6-13(11)21-17(23)8-7-12-9-15(26-2)16(27-18(19)20)10-14(12)22(24)25/h3-10,18H,1-2H3,(H,21,23)/b8-7+. The normalized spacial score (nSPS) is 10.9. The average molecular weight is 378 g/mol. The lowest BCUT2D eigenvalue weighted by Crippen LogP contribution is -2.09. The molecule has 1 N–H and O–H groups in total. The number of nitrogens with one attached hydrogen (secondary N) is 1. The highest BCUT2D eigenvalue weighted by Gasteiger charge is 2.20. The van der Waals surface area contributed by atoms with Gasteiger partial charge in [0.05, 0.1) is 23.7 Å². The molecule has 0 fully saturated rings. The summed E-state index contributed by atoms with van der Waals surface area (Å²) in [6.45, 7) is -1.35. The van der Waals surface area contributed by atoms with Crippen LogP contribution in [0.4, 0.5) is 20.2 Å². The van der Waals surface area contributed by atoms with Gasteiger partial charge in [0.25, 0.3) is 5.69 Å². The number of hydrogen-bond donors (Lipinski definition) is 1. The van der Waals surface area contributed by atoms with Crippen LogP contribution in [-0.4, -0.2) is 24.6 Å². The lowest BCUT2D eigenvalue weighted by atomic mass is 10.1. The first-order chi connectivity index (χ1) is 12.8. The Morgan fingerprint density at radius 1 is 1.26 bits per heavy atom. The molecule has 2 rings (SSSR count). The van der Waals surface area contributed by atoms with Gasteiger partial charge >= 0.3 is 6.61 Å². The number of nitrogens with zero attached hydrogens (tertiary/aromatic N) is 1. The van der Waals surface area contributed by atoms with Gasteiger partial charge in [0.1, 0.15) is 0 Å². The van der Waals surface area contributed by atoms with Crippen LogP contribution in [0.25, 0.3) is 6.08 Å². The van der Waals surface area contributed by atoms with E-state index in [0.29, 0.717) is 5.69 Å². The Morgan fingerprint density at radius 3 is 2.56 bits per heavy atom. The number of aryl methyl sites for hydroxylation is 1. The summed E-state index contributed by atoms with van der Waals surface area (Å²) in [5.41, 5.74) is 0.935. The summed E-state index contributed by atoms with van der Waals surface area (Å²) in [5, 5.41) is 13.9. The van der Waals surface area contributed by atoms with Gasteiger partial charge < -0.3 is 14.8 Å². The van der Waals surface area contributed by atoms with Gasteiger partial charge in [0.15, 0.2) is 11.5 Å². The zero-order valence-corrected chi connectivity index (χ0v) is 14.4. The van der Waals surface area contributed by atoms with E-state index in [4.69, 9.17) is 4.74 Å². The van der Waals surface area contributed by atoms with Gasteiger partial charge in [-0.2, -0.15) is 8.78 Å². The predicted octanol–water partition coefficient (Wildman–Crippen LogP) is 4.17. The maximum absolute atomic E-state index is 12.4. The van der Waals surface area contributed by atoms with Crippen molar-refractivity contribution in [3.63, 3.8) is 0 Å². The monoisotopic (exact) mass is 378 g/mol. The van der Waals surface area contributed by atoms with E-state index >= 15 is 0 Å². The number of benzene rings is 2. The molecule has 9 heteroatoms. The fraction of sp³-hybridized carbons (Fsp3) is 0.167. The first-order valence-electron chi connectivity index (χ1n) is 7.67. The molecule has 0 atom stereocenters. The summed E-state index contributed by atoms with van der Waals surface area (Å²) in [6.07, 6.45) is 2.29. The van der Waals surface area contributed by atoms with Crippen LogP contribution in [0.2, 0.25) is 0 Å². The Kier molecular flexibility index (Phi) is 6.42. The smallest absolute Gasteiger partial charge is 0.387 e. The molecule has 0 radical (unpaired) electrons. The van der Waals surface area contributed by atoms with E-state index in [1.807, 2.05) is 19.1 Å². The number of methoxy groups -OCH3 is 1. The molecule has 0 spiro atoms. The highest BCUT2D eigenvalue weighted by Crippen LogP contribution is 2.36. The number of hydrogen-bond acceptors (Lipinski definition) is 5. The minimum atomic E-state index is -3.17. The maximum atomic E-state index is 12.4. The van der Waals surface area contributed by atoms with Crippen molar-refractivity contribution >= 4 is 23.4 Å². The van der Waals surface area contributed by atoms with E-state index in [2.05, 4.69) is 10.1 Å². The molecular formula is C18H16F2N2O5. The summed E-state index contributed by atoms with van der Waals surface area (Å²) < 4.78 is 34.1. The van der Waals surface area contributed by atoms with E-state index < -0.39 is 28.9 Å². The van der Waals surface area contributed by atoms with Gasteiger partial charge in [-0.25, -0.2) is 0 Å². The number of carbonyl (C=O) groups is 1. The van der Waals surface area contributed by atoms with Gasteiger partial charge in [-0.05, 0) is 30.7 Å². The van der Waals surface area contributed by atoms with Crippen LogP contribution in [0.1, 0.15) is 11.1 Å². The predicted molar refractivity (Wildman–Crippen MR) is 95.1 cm³/mol. The zero-order valence-electron chi connectivity index (χ0n) is 14.4. The van der Waals surface area contributed by atoms with Crippen LogP contribution >= 0.6 is 0 Å². The number of carbonyl (C=O) groups excluding carboxylic acids is 1. The molecule has 142 valence electrons. The number of para-hydroxylation sites is 1. The molecule has 0 saturated carbocycles. The number of ether oxygens (including phenoxy) is 2. The Bertz CT molecular complexity index is 884. The first kappa shape index (κ1) is 19.8. The molecule has 2 aromatic carbocycles. The second kappa shape index (κ2) is 8.75. The number of anilines is 1. The van der Waals surface area contributed by atoms with Crippen LogP contribution in [0, 0.1) is 17.0 Å². The van der Waals surface area contributed by atoms with Crippen molar-refractivity contribution in [2.75, 3.05) is 12.4 Å². The van der Waals surface area contributed by atoms with Crippen molar-refractivity contribution in [3.8, 4) is 11.5 Å². The third kappa shape index (κ3) is 5.24. The molecule has 0 saturated heterocycles. The molecule has 7 nitrogen and oxygen atoms in total. The second-order valence-electron chi connectivity index (χ2n) is 5.34. The lowest BCUT2D eigenvalue weighted by Gasteiger charge is -2.11. The van der Waals surface area contributed by atoms with Gasteiger partial charge in [-0.1, -0.05) is 18.2 Å². The summed E-state index contributed by atoms with van der Waals surface area (Å²) in [4.78, 5) is 22.5. The van der Waals surface area contributed by atoms with Crippen molar-refractivity contribution in [3.05, 3.63) is 63.7 Å². The number of nitro benzene ring substituents is 1. The van der Waals surface area contributed by atoms with E-state index in [-0.39, 0.29) is 11.3 Å². The van der Waals surface area contributed by atoms with Crippen molar-refractivity contribution in [1.82, 2.24) is 0 Å². The van der Waals surface area contributed by atoms with Crippen LogP contribution < -0.4 is 14.8 Å². The Balaban J connectivity index is 2.30. The Labute approximate surface area is 153 Å². The largest absolute Gasteiger partial charge is 0.493 e. The average Bonchev–Trinajstić information content (AvgIpc) is 2.61. The van der Waals surface area contributed by atoms with E-state index in [9.17, 15) is 23.7 Å². The molecule has 0 aliphatic rings. The number of alkyl halides is 2. The number of rotatable bonds is 7. The van der Waals surface area contributed by atoms with E-state index in [1.54, 1.807) is 12.1 Å². The zero-order chi connectivity index (χ0) is 20.0. The van der Waals surface area contributed by atoms with Gasteiger partial charge in [0, 0.05) is 11.8 Å². The molecule has 0 aromatic heterocycles. The molecule has 2 aromatic rings. The highest BCUT2D eigenvalue weighted by molar-refractivity contribution is 6.02. The quantitative estimate of drug-likeness (QED) is 0.444. The molecule has 0 bridgehead atoms. The summed E-state index contributed by atoms with van der Waals surface area (Å²) in [5.74, 6) is -1.11. The summed E-state index contributed by atoms with van der Waals surface area (Å²) in [6, 6.07) is 9.07. The molecule has 1 amide bonds. The Morgan fingerprint density at radius 2 is 1.96 bits per heavy atom. The number of nitro groups is 1. The van der Waals surface area contributed by atoms with Gasteiger partial charge in [0.2, 0.25) is 5.91 Å². The van der Waals surface area contributed by atoms with Crippen LogP contribution in [0.3, 0.4) is 0 Å². The fourth-order valence-corrected chi connectivity index (χ4v) is 2.26. The van der Waals surface area contributed by atoms with Crippen LogP contribution in [0.15, 0.2) is 42.5 Å². The van der Waals surface area contributed by atoms with Crippen LogP contribution in [-0.2, 0) is 4.79 Å². The summed E-state index contributed by atoms with van der Waals surface area (Å²) >= 11 is 0. The lowest BCUT2D eigenvalue weighted by molar-refractivity contribution is -0.385. The minimum absolute atomic E-state index is 0.00148. The van der Waals surface area contributed by atoms with Crippen molar-refractivity contribution < 1.29 is 28.0 Å². The molecular weight excluding hydrogens is 362 g/mol. The molecule has 0 aliphatic heterocycles. The second-order valence-corrected chi connectivity index (χ2v) is 5.34. The van der Waals surface area contributed by atoms with E-state index in [0.717, 1.165) is 23.8 Å². The number of halogens is 2.